The molecule has 3 heterocycles. The highest BCUT2D eigenvalue weighted by atomic mass is 16.8. The van der Waals surface area contributed by atoms with Crippen LogP contribution in [0.3, 0.4) is 0 Å². The zero-order valence-corrected chi connectivity index (χ0v) is 22.2. The molecule has 0 aromatic heterocycles. The molecule has 0 aromatic rings. The van der Waals surface area contributed by atoms with Gasteiger partial charge in [0.05, 0.1) is 6.61 Å². The third-order valence-electron chi connectivity index (χ3n) is 6.74. The van der Waals surface area contributed by atoms with Crippen LogP contribution in [0.5, 0.6) is 0 Å². The van der Waals surface area contributed by atoms with E-state index in [9.17, 15) is 4.79 Å². The van der Waals surface area contributed by atoms with Crippen LogP contribution in [0.4, 0.5) is 0 Å². The van der Waals surface area contributed by atoms with E-state index in [1.807, 2.05) is 32.6 Å². The lowest BCUT2D eigenvalue weighted by atomic mass is 10.1. The van der Waals surface area contributed by atoms with Crippen LogP contribution >= 0.6 is 0 Å². The Kier molecular flexibility index (Phi) is 10.2. The van der Waals surface area contributed by atoms with Crippen LogP contribution in [0.2, 0.25) is 0 Å². The van der Waals surface area contributed by atoms with E-state index in [4.69, 9.17) is 28.4 Å². The van der Waals surface area contributed by atoms with Gasteiger partial charge in [0.1, 0.15) is 31.0 Å². The minimum absolute atomic E-state index is 0.00391. The van der Waals surface area contributed by atoms with Crippen molar-refractivity contribution in [3.8, 4) is 0 Å². The molecular formula is C26H47NO7. The first-order chi connectivity index (χ1) is 16.2. The summed E-state index contributed by atoms with van der Waals surface area (Å²) in [7, 11) is 0. The van der Waals surface area contributed by atoms with E-state index >= 15 is 0 Å². The Morgan fingerprint density at radius 2 is 1.50 bits per heavy atom. The Bertz CT molecular complexity index is 629. The highest BCUT2D eigenvalue weighted by molar-refractivity contribution is 5.77. The van der Waals surface area contributed by atoms with Gasteiger partial charge in [0.25, 0.3) is 0 Å². The van der Waals surface area contributed by atoms with Crippen LogP contribution < -0.4 is 0 Å². The Hall–Kier alpha value is -0.770. The van der Waals surface area contributed by atoms with E-state index in [0.717, 1.165) is 38.8 Å². The molecule has 0 bridgehead atoms. The van der Waals surface area contributed by atoms with E-state index in [1.165, 1.54) is 25.7 Å². The van der Waals surface area contributed by atoms with Crippen LogP contribution in [-0.2, 0) is 33.2 Å². The summed E-state index contributed by atoms with van der Waals surface area (Å²) < 4.78 is 36.3. The number of hydrogen-bond donors (Lipinski definition) is 0. The minimum atomic E-state index is -0.761. The number of rotatable bonds is 14. The molecule has 0 radical (unpaired) electrons. The van der Waals surface area contributed by atoms with E-state index in [-0.39, 0.29) is 18.6 Å². The van der Waals surface area contributed by atoms with Crippen LogP contribution in [-0.4, -0.2) is 79.4 Å². The molecule has 8 heteroatoms. The molecule has 5 atom stereocenters. The van der Waals surface area contributed by atoms with Crippen molar-refractivity contribution in [3.63, 3.8) is 0 Å². The fraction of sp³-hybridized carbons (Fsp3) is 0.962. The number of carbonyl (C=O) groups excluding carboxylic acids is 1. The topological polar surface area (TPSA) is 75.7 Å². The molecule has 3 aliphatic heterocycles. The molecule has 0 aromatic carbocycles. The lowest BCUT2D eigenvalue weighted by Crippen LogP contribution is -2.46. The van der Waals surface area contributed by atoms with Crippen molar-refractivity contribution in [2.24, 2.45) is 0 Å². The summed E-state index contributed by atoms with van der Waals surface area (Å²) in [6.45, 7) is 13.8. The third kappa shape index (κ3) is 7.61. The SMILES string of the molecule is CCCCCCN(CCCCCC)C(=O)CO[C@@H]1[C@H]2OC(C)(C)O[C@H]2O[C@@H]1[C@H]1COC(C)(C)O1. The van der Waals surface area contributed by atoms with Crippen LogP contribution in [0.15, 0.2) is 0 Å². The number of amides is 1. The first kappa shape index (κ1) is 27.8. The predicted octanol–water partition coefficient (Wildman–Crippen LogP) is 4.39. The van der Waals surface area contributed by atoms with E-state index in [2.05, 4.69) is 13.8 Å². The van der Waals surface area contributed by atoms with E-state index < -0.39 is 36.2 Å². The Labute approximate surface area is 205 Å². The Morgan fingerprint density at radius 3 is 2.06 bits per heavy atom. The molecular weight excluding hydrogens is 438 g/mol. The lowest BCUT2D eigenvalue weighted by molar-refractivity contribution is -0.235. The zero-order chi connectivity index (χ0) is 24.8. The maximum absolute atomic E-state index is 13.2. The summed E-state index contributed by atoms with van der Waals surface area (Å²) in [5.74, 6) is -1.42. The van der Waals surface area contributed by atoms with Gasteiger partial charge < -0.3 is 33.3 Å². The summed E-state index contributed by atoms with van der Waals surface area (Å²) in [5, 5.41) is 0. The number of fused-ring (bicyclic) bond motifs is 1. The van der Waals surface area contributed by atoms with Crippen molar-refractivity contribution in [2.75, 3.05) is 26.3 Å². The van der Waals surface area contributed by atoms with Gasteiger partial charge in [-0.15, -0.1) is 0 Å². The number of ether oxygens (including phenoxy) is 6. The van der Waals surface area contributed by atoms with Gasteiger partial charge in [-0.05, 0) is 40.5 Å². The second-order valence-electron chi connectivity index (χ2n) is 10.7. The summed E-state index contributed by atoms with van der Waals surface area (Å²) in [6, 6.07) is 0. The van der Waals surface area contributed by atoms with Gasteiger partial charge in [-0.1, -0.05) is 52.4 Å². The summed E-state index contributed by atoms with van der Waals surface area (Å²) >= 11 is 0. The minimum Gasteiger partial charge on any atom is -0.363 e. The van der Waals surface area contributed by atoms with Gasteiger partial charge in [0, 0.05) is 13.1 Å². The lowest BCUT2D eigenvalue weighted by Gasteiger charge is -2.30. The average Bonchev–Trinajstić information content (AvgIpc) is 3.39. The van der Waals surface area contributed by atoms with Gasteiger partial charge in [-0.25, -0.2) is 0 Å². The van der Waals surface area contributed by atoms with Crippen molar-refractivity contribution in [1.82, 2.24) is 4.90 Å². The molecule has 0 N–H and O–H groups in total. The number of nitrogens with zero attached hydrogens (tertiary/aromatic N) is 1. The quantitative estimate of drug-likeness (QED) is 0.338. The molecule has 198 valence electrons. The largest absolute Gasteiger partial charge is 0.363 e. The predicted molar refractivity (Wildman–Crippen MR) is 128 cm³/mol. The van der Waals surface area contributed by atoms with Crippen molar-refractivity contribution in [3.05, 3.63) is 0 Å². The molecule has 1 amide bonds. The molecule has 3 saturated heterocycles. The Balaban J connectivity index is 1.60. The first-order valence-corrected chi connectivity index (χ1v) is 13.4. The smallest absolute Gasteiger partial charge is 0.248 e. The highest BCUT2D eigenvalue weighted by Gasteiger charge is 2.59. The molecule has 3 aliphatic rings. The van der Waals surface area contributed by atoms with Crippen molar-refractivity contribution in [1.29, 1.82) is 0 Å². The molecule has 0 aliphatic carbocycles. The fourth-order valence-corrected chi connectivity index (χ4v) is 4.95. The summed E-state index contributed by atoms with van der Waals surface area (Å²) in [5.41, 5.74) is 0. The molecule has 3 fully saturated rings. The van der Waals surface area contributed by atoms with Crippen LogP contribution in [0.1, 0.15) is 92.9 Å². The summed E-state index contributed by atoms with van der Waals surface area (Å²) in [6.07, 6.45) is 6.94. The van der Waals surface area contributed by atoms with Gasteiger partial charge in [-0.3, -0.25) is 4.79 Å². The van der Waals surface area contributed by atoms with Gasteiger partial charge in [0.2, 0.25) is 5.91 Å². The van der Waals surface area contributed by atoms with E-state index in [0.29, 0.717) is 6.61 Å². The third-order valence-corrected chi connectivity index (χ3v) is 6.74. The number of carbonyl (C=O) groups is 1. The van der Waals surface area contributed by atoms with Crippen LogP contribution in [0, 0.1) is 0 Å². The molecule has 0 unspecified atom stereocenters. The van der Waals surface area contributed by atoms with Crippen molar-refractivity contribution < 1.29 is 33.2 Å². The van der Waals surface area contributed by atoms with Gasteiger partial charge in [-0.2, -0.15) is 0 Å². The second-order valence-corrected chi connectivity index (χ2v) is 10.7. The second kappa shape index (κ2) is 12.5. The Morgan fingerprint density at radius 1 is 0.853 bits per heavy atom. The monoisotopic (exact) mass is 485 g/mol. The maximum atomic E-state index is 13.2. The maximum Gasteiger partial charge on any atom is 0.248 e. The number of unbranched alkanes of at least 4 members (excludes halogenated alkanes) is 6. The van der Waals surface area contributed by atoms with Gasteiger partial charge >= 0.3 is 0 Å². The van der Waals surface area contributed by atoms with Crippen molar-refractivity contribution in [2.45, 2.75) is 135 Å². The average molecular weight is 486 g/mol. The summed E-state index contributed by atoms with van der Waals surface area (Å²) in [4.78, 5) is 15.2. The van der Waals surface area contributed by atoms with E-state index in [1.54, 1.807) is 0 Å². The molecule has 8 nitrogen and oxygen atoms in total. The highest BCUT2D eigenvalue weighted by Crippen LogP contribution is 2.41. The molecule has 3 rings (SSSR count). The normalized spacial score (nSPS) is 31.6. The van der Waals surface area contributed by atoms with Crippen LogP contribution in [0.25, 0.3) is 0 Å². The fourth-order valence-electron chi connectivity index (χ4n) is 4.95. The zero-order valence-electron chi connectivity index (χ0n) is 22.2. The first-order valence-electron chi connectivity index (χ1n) is 13.4. The molecule has 0 saturated carbocycles. The number of hydrogen-bond acceptors (Lipinski definition) is 7. The van der Waals surface area contributed by atoms with Crippen molar-refractivity contribution >= 4 is 5.91 Å². The molecule has 0 spiro atoms. The standard InChI is InChI=1S/C26H47NO7/c1-7-9-11-13-15-27(16-14-12-10-8-2)20(28)18-29-22-21(19-17-30-25(3,4)32-19)31-24-23(22)33-26(5,6)34-24/h19,21-24H,7-18H2,1-6H3/t19-,21-,22+,23-,24-/m1/s1. The van der Waals surface area contributed by atoms with Gasteiger partial charge in [0.15, 0.2) is 17.9 Å². The molecule has 34 heavy (non-hydrogen) atoms.